The third-order valence-corrected chi connectivity index (χ3v) is 4.26. The van der Waals surface area contributed by atoms with Crippen LogP contribution in [0.25, 0.3) is 0 Å². The van der Waals surface area contributed by atoms with Gasteiger partial charge in [-0.3, -0.25) is 10.1 Å². The van der Waals surface area contributed by atoms with E-state index in [1.54, 1.807) is 30.7 Å². The number of aromatic nitrogens is 1. The van der Waals surface area contributed by atoms with Gasteiger partial charge in [-0.05, 0) is 19.9 Å². The zero-order valence-corrected chi connectivity index (χ0v) is 12.9. The Bertz CT molecular complexity index is 626. The largest absolute Gasteiger partial charge is 0.496 e. The van der Waals surface area contributed by atoms with Crippen molar-refractivity contribution in [3.63, 3.8) is 0 Å². The lowest BCUT2D eigenvalue weighted by atomic mass is 10.1. The van der Waals surface area contributed by atoms with E-state index in [9.17, 15) is 10.1 Å². The fourth-order valence-corrected chi connectivity index (χ4v) is 2.68. The van der Waals surface area contributed by atoms with Crippen LogP contribution in [0.15, 0.2) is 29.8 Å². The second kappa shape index (κ2) is 6.19. The zero-order valence-electron chi connectivity index (χ0n) is 12.1. The summed E-state index contributed by atoms with van der Waals surface area (Å²) in [4.78, 5) is 14.8. The molecule has 112 valence electrons. The number of rotatable bonds is 6. The van der Waals surface area contributed by atoms with Gasteiger partial charge >= 0.3 is 0 Å². The molecule has 1 aromatic heterocycles. The Labute approximate surface area is 126 Å². The van der Waals surface area contributed by atoms with Gasteiger partial charge in [-0.15, -0.1) is 11.3 Å². The van der Waals surface area contributed by atoms with E-state index in [0.29, 0.717) is 12.3 Å². The molecule has 0 saturated heterocycles. The first-order valence-electron chi connectivity index (χ1n) is 6.40. The molecular formula is C14H17N3O3S. The van der Waals surface area contributed by atoms with E-state index < -0.39 is 4.92 Å². The molecule has 1 aromatic carbocycles. The average molecular weight is 307 g/mol. The molecule has 0 aliphatic carbocycles. The highest BCUT2D eigenvalue weighted by molar-refractivity contribution is 7.09. The second-order valence-corrected chi connectivity index (χ2v) is 5.96. The number of benzene rings is 1. The van der Waals surface area contributed by atoms with E-state index in [2.05, 4.69) is 10.3 Å². The van der Waals surface area contributed by atoms with Gasteiger partial charge in [0.1, 0.15) is 10.8 Å². The summed E-state index contributed by atoms with van der Waals surface area (Å²) in [5.74, 6) is 0.628. The van der Waals surface area contributed by atoms with Crippen LogP contribution in [0.2, 0.25) is 0 Å². The number of nitrogens with one attached hydrogen (secondary N) is 1. The Hall–Kier alpha value is -1.99. The van der Waals surface area contributed by atoms with Crippen LogP contribution >= 0.6 is 11.3 Å². The maximum absolute atomic E-state index is 10.9. The summed E-state index contributed by atoms with van der Waals surface area (Å²) in [7, 11) is 1.55. The van der Waals surface area contributed by atoms with E-state index in [4.69, 9.17) is 4.74 Å². The van der Waals surface area contributed by atoms with Crippen LogP contribution in [0, 0.1) is 10.1 Å². The van der Waals surface area contributed by atoms with E-state index >= 15 is 0 Å². The van der Waals surface area contributed by atoms with Gasteiger partial charge in [-0.1, -0.05) is 0 Å². The Balaban J connectivity index is 2.19. The lowest BCUT2D eigenvalue weighted by Crippen LogP contribution is -2.35. The SMILES string of the molecule is COc1ccc([N+](=O)[O-])cc1CNC(C)(C)c1nccs1. The Morgan fingerprint density at radius 1 is 1.48 bits per heavy atom. The molecular weight excluding hydrogens is 290 g/mol. The Kier molecular flexibility index (Phi) is 4.54. The molecule has 0 fully saturated rings. The minimum atomic E-state index is -0.408. The van der Waals surface area contributed by atoms with E-state index in [1.807, 2.05) is 19.2 Å². The molecule has 0 aliphatic heterocycles. The summed E-state index contributed by atoms with van der Waals surface area (Å²) in [5.41, 5.74) is 0.486. The molecule has 7 heteroatoms. The number of hydrogen-bond acceptors (Lipinski definition) is 6. The van der Waals surface area contributed by atoms with Crippen LogP contribution in [0.3, 0.4) is 0 Å². The van der Waals surface area contributed by atoms with E-state index in [1.165, 1.54) is 12.1 Å². The van der Waals surface area contributed by atoms with Crippen LogP contribution in [0.4, 0.5) is 5.69 Å². The number of nitro groups is 1. The van der Waals surface area contributed by atoms with E-state index in [-0.39, 0.29) is 11.2 Å². The number of ether oxygens (including phenoxy) is 1. The predicted molar refractivity (Wildman–Crippen MR) is 81.6 cm³/mol. The highest BCUT2D eigenvalue weighted by atomic mass is 32.1. The summed E-state index contributed by atoms with van der Waals surface area (Å²) < 4.78 is 5.26. The van der Waals surface area contributed by atoms with Crippen molar-refractivity contribution in [2.45, 2.75) is 25.9 Å². The van der Waals surface area contributed by atoms with Gasteiger partial charge in [-0.25, -0.2) is 4.98 Å². The van der Waals surface area contributed by atoms with Crippen molar-refractivity contribution >= 4 is 17.0 Å². The maximum atomic E-state index is 10.9. The van der Waals surface area contributed by atoms with Crippen LogP contribution in [-0.4, -0.2) is 17.0 Å². The van der Waals surface area contributed by atoms with Crippen molar-refractivity contribution in [3.8, 4) is 5.75 Å². The van der Waals surface area contributed by atoms with Crippen LogP contribution in [0.1, 0.15) is 24.4 Å². The summed E-state index contributed by atoms with van der Waals surface area (Å²) in [6.45, 7) is 4.50. The molecule has 0 saturated carbocycles. The van der Waals surface area contributed by atoms with Gasteiger partial charge in [-0.2, -0.15) is 0 Å². The molecule has 0 unspecified atom stereocenters. The quantitative estimate of drug-likeness (QED) is 0.655. The minimum Gasteiger partial charge on any atom is -0.496 e. The molecule has 0 spiro atoms. The summed E-state index contributed by atoms with van der Waals surface area (Å²) >= 11 is 1.57. The fraction of sp³-hybridized carbons (Fsp3) is 0.357. The Morgan fingerprint density at radius 3 is 2.81 bits per heavy atom. The van der Waals surface area contributed by atoms with Crippen LogP contribution in [-0.2, 0) is 12.1 Å². The van der Waals surface area contributed by atoms with Gasteiger partial charge in [0, 0.05) is 35.8 Å². The predicted octanol–water partition coefficient (Wildman–Crippen LogP) is 3.08. The first-order chi connectivity index (χ1) is 9.94. The smallest absolute Gasteiger partial charge is 0.270 e. The van der Waals surface area contributed by atoms with Crippen molar-refractivity contribution in [1.29, 1.82) is 0 Å². The van der Waals surface area contributed by atoms with Crippen molar-refractivity contribution in [3.05, 3.63) is 50.5 Å². The summed E-state index contributed by atoms with van der Waals surface area (Å²) in [6.07, 6.45) is 1.76. The normalized spacial score (nSPS) is 11.4. The monoisotopic (exact) mass is 307 g/mol. The third kappa shape index (κ3) is 3.56. The third-order valence-electron chi connectivity index (χ3n) is 3.16. The van der Waals surface area contributed by atoms with E-state index in [0.717, 1.165) is 10.6 Å². The lowest BCUT2D eigenvalue weighted by molar-refractivity contribution is -0.384. The fourth-order valence-electron chi connectivity index (χ4n) is 1.94. The number of hydrogen-bond donors (Lipinski definition) is 1. The summed E-state index contributed by atoms with van der Waals surface area (Å²) in [6, 6.07) is 4.59. The number of nitrogens with zero attached hydrogens (tertiary/aromatic N) is 2. The molecule has 0 atom stereocenters. The van der Waals surface area contributed by atoms with Crippen LogP contribution < -0.4 is 10.1 Å². The standard InChI is InChI=1S/C14H17N3O3S/c1-14(2,13-15-6-7-21-13)16-9-10-8-11(17(18)19)4-5-12(10)20-3/h4-8,16H,9H2,1-3H3. The van der Waals surface area contributed by atoms with Gasteiger partial charge in [0.25, 0.3) is 5.69 Å². The molecule has 0 amide bonds. The van der Waals surface area contributed by atoms with Crippen molar-refractivity contribution < 1.29 is 9.66 Å². The maximum Gasteiger partial charge on any atom is 0.270 e. The Morgan fingerprint density at radius 2 is 2.24 bits per heavy atom. The minimum absolute atomic E-state index is 0.0552. The molecule has 6 nitrogen and oxygen atoms in total. The molecule has 0 aliphatic rings. The molecule has 21 heavy (non-hydrogen) atoms. The van der Waals surface area contributed by atoms with Crippen molar-refractivity contribution in [2.24, 2.45) is 0 Å². The topological polar surface area (TPSA) is 77.3 Å². The number of thiazole rings is 1. The van der Waals surface area contributed by atoms with Crippen molar-refractivity contribution in [2.75, 3.05) is 7.11 Å². The van der Waals surface area contributed by atoms with Gasteiger partial charge in [0.05, 0.1) is 17.6 Å². The first kappa shape index (κ1) is 15.4. The highest BCUT2D eigenvalue weighted by Crippen LogP contribution is 2.27. The summed E-state index contributed by atoms with van der Waals surface area (Å²) in [5, 5.41) is 17.1. The lowest BCUT2D eigenvalue weighted by Gasteiger charge is -2.24. The first-order valence-corrected chi connectivity index (χ1v) is 7.28. The molecule has 0 bridgehead atoms. The van der Waals surface area contributed by atoms with Crippen molar-refractivity contribution in [1.82, 2.24) is 10.3 Å². The van der Waals surface area contributed by atoms with Gasteiger partial charge < -0.3 is 10.1 Å². The average Bonchev–Trinajstić information content (AvgIpc) is 2.99. The molecule has 2 rings (SSSR count). The van der Waals surface area contributed by atoms with Gasteiger partial charge in [0.2, 0.25) is 0 Å². The number of non-ortho nitro benzene ring substituents is 1. The highest BCUT2D eigenvalue weighted by Gasteiger charge is 2.23. The number of nitro benzene ring substituents is 1. The number of methoxy groups -OCH3 is 1. The molecule has 0 radical (unpaired) electrons. The van der Waals surface area contributed by atoms with Crippen LogP contribution in [0.5, 0.6) is 5.75 Å². The molecule has 1 heterocycles. The zero-order chi connectivity index (χ0) is 15.5. The second-order valence-electron chi connectivity index (χ2n) is 5.07. The molecule has 2 aromatic rings. The van der Waals surface area contributed by atoms with Gasteiger partial charge in [0.15, 0.2) is 0 Å². The molecule has 1 N–H and O–H groups in total.